The minimum absolute atomic E-state index is 0.0371. The van der Waals surface area contributed by atoms with Crippen molar-refractivity contribution in [2.24, 2.45) is 12.5 Å². The molecule has 0 spiro atoms. The van der Waals surface area contributed by atoms with Crippen LogP contribution in [-0.2, 0) is 21.9 Å². The Morgan fingerprint density at radius 2 is 2.20 bits per heavy atom. The molecule has 20 heavy (non-hydrogen) atoms. The fourth-order valence-corrected chi connectivity index (χ4v) is 4.59. The smallest absolute Gasteiger partial charge is 0.310 e. The highest BCUT2D eigenvalue weighted by molar-refractivity contribution is 7.89. The largest absolute Gasteiger partial charge is 0.481 e. The van der Waals surface area contributed by atoms with Crippen molar-refractivity contribution < 1.29 is 18.3 Å². The molecule has 0 amide bonds. The van der Waals surface area contributed by atoms with E-state index in [1.807, 2.05) is 0 Å². The Morgan fingerprint density at radius 1 is 1.55 bits per heavy atom. The van der Waals surface area contributed by atoms with Gasteiger partial charge in [0.2, 0.25) is 0 Å². The molecule has 0 bridgehead atoms. The van der Waals surface area contributed by atoms with Gasteiger partial charge in [0.1, 0.15) is 0 Å². The summed E-state index contributed by atoms with van der Waals surface area (Å²) in [6.45, 7) is 1.78. The van der Waals surface area contributed by atoms with Crippen LogP contribution in [0.1, 0.15) is 19.8 Å². The highest BCUT2D eigenvalue weighted by Gasteiger charge is 2.43. The molecule has 0 aliphatic carbocycles. The maximum absolute atomic E-state index is 12.6. The van der Waals surface area contributed by atoms with E-state index in [4.69, 9.17) is 11.6 Å². The summed E-state index contributed by atoms with van der Waals surface area (Å²) in [6, 6.07) is 0. The topological polar surface area (TPSA) is 92.5 Å². The summed E-state index contributed by atoms with van der Waals surface area (Å²) in [4.78, 5) is 11.3. The molecule has 1 fully saturated rings. The molecule has 1 N–H and O–H groups in total. The summed E-state index contributed by atoms with van der Waals surface area (Å²) in [5.41, 5.74) is -1.07. The predicted octanol–water partition coefficient (Wildman–Crippen LogP) is 0.949. The SMILES string of the molecule is Cn1ncc(Cl)c1S(=O)(=O)N1CCCC(C)(C(=O)O)C1. The first-order chi connectivity index (χ1) is 9.18. The highest BCUT2D eigenvalue weighted by Crippen LogP contribution is 2.34. The van der Waals surface area contributed by atoms with E-state index in [1.54, 1.807) is 6.92 Å². The Kier molecular flexibility index (Phi) is 3.83. The molecule has 1 unspecified atom stereocenters. The van der Waals surface area contributed by atoms with E-state index < -0.39 is 21.4 Å². The van der Waals surface area contributed by atoms with Crippen LogP contribution in [-0.4, -0.2) is 46.7 Å². The molecular formula is C11H16ClN3O4S. The minimum Gasteiger partial charge on any atom is -0.481 e. The van der Waals surface area contributed by atoms with Crippen molar-refractivity contribution in [3.05, 3.63) is 11.2 Å². The van der Waals surface area contributed by atoms with Crippen LogP contribution in [0.25, 0.3) is 0 Å². The van der Waals surface area contributed by atoms with Crippen molar-refractivity contribution in [1.82, 2.24) is 14.1 Å². The number of carboxylic acid groups (broad SMARTS) is 1. The molecule has 1 aromatic rings. The summed E-state index contributed by atoms with van der Waals surface area (Å²) in [5, 5.41) is 13.0. The fraction of sp³-hybridized carbons (Fsp3) is 0.636. The van der Waals surface area contributed by atoms with Crippen molar-refractivity contribution in [3.8, 4) is 0 Å². The van der Waals surface area contributed by atoms with E-state index >= 15 is 0 Å². The number of aliphatic carboxylic acids is 1. The van der Waals surface area contributed by atoms with Crippen LogP contribution < -0.4 is 0 Å². The fourth-order valence-electron chi connectivity index (χ4n) is 2.38. The number of nitrogens with zero attached hydrogens (tertiary/aromatic N) is 3. The number of piperidine rings is 1. The third-order valence-corrected chi connectivity index (χ3v) is 5.96. The van der Waals surface area contributed by atoms with Crippen LogP contribution in [0.4, 0.5) is 0 Å². The molecule has 0 saturated carbocycles. The monoisotopic (exact) mass is 321 g/mol. The van der Waals surface area contributed by atoms with Crippen LogP contribution >= 0.6 is 11.6 Å². The third-order valence-electron chi connectivity index (χ3n) is 3.60. The molecule has 1 aromatic heterocycles. The van der Waals surface area contributed by atoms with Crippen LogP contribution in [0.3, 0.4) is 0 Å². The summed E-state index contributed by atoms with van der Waals surface area (Å²) in [6.07, 6.45) is 2.21. The molecule has 1 aliphatic heterocycles. The van der Waals surface area contributed by atoms with Crippen LogP contribution in [0.2, 0.25) is 5.02 Å². The first-order valence-corrected chi connectivity index (χ1v) is 7.91. The Morgan fingerprint density at radius 3 is 2.70 bits per heavy atom. The van der Waals surface area contributed by atoms with Crippen molar-refractivity contribution in [2.75, 3.05) is 13.1 Å². The maximum atomic E-state index is 12.6. The van der Waals surface area contributed by atoms with Crippen LogP contribution in [0, 0.1) is 5.41 Å². The molecule has 7 nitrogen and oxygen atoms in total. The Bertz CT molecular complexity index is 623. The van der Waals surface area contributed by atoms with Gasteiger partial charge in [0, 0.05) is 20.1 Å². The van der Waals surface area contributed by atoms with Gasteiger partial charge in [-0.15, -0.1) is 0 Å². The number of rotatable bonds is 3. The van der Waals surface area contributed by atoms with Crippen molar-refractivity contribution in [3.63, 3.8) is 0 Å². The van der Waals surface area contributed by atoms with Crippen molar-refractivity contribution >= 4 is 27.6 Å². The van der Waals surface area contributed by atoms with Gasteiger partial charge in [-0.1, -0.05) is 11.6 Å². The summed E-state index contributed by atoms with van der Waals surface area (Å²) in [7, 11) is -2.36. The molecule has 0 aromatic carbocycles. The van der Waals surface area contributed by atoms with Gasteiger partial charge >= 0.3 is 5.97 Å². The van der Waals surface area contributed by atoms with Crippen molar-refractivity contribution in [2.45, 2.75) is 24.8 Å². The normalized spacial score (nSPS) is 24.8. The number of carboxylic acids is 1. The quantitative estimate of drug-likeness (QED) is 0.894. The molecule has 1 aliphatic rings. The average Bonchev–Trinajstić information content (AvgIpc) is 2.69. The van der Waals surface area contributed by atoms with Crippen LogP contribution in [0.5, 0.6) is 0 Å². The zero-order chi connectivity index (χ0) is 15.1. The molecule has 1 saturated heterocycles. The Balaban J connectivity index is 2.38. The second kappa shape index (κ2) is 5.01. The zero-order valence-corrected chi connectivity index (χ0v) is 12.8. The number of hydrogen-bond donors (Lipinski definition) is 1. The average molecular weight is 322 g/mol. The van der Waals surface area contributed by atoms with E-state index in [9.17, 15) is 18.3 Å². The van der Waals surface area contributed by atoms with E-state index in [0.717, 1.165) is 0 Å². The first kappa shape index (κ1) is 15.3. The second-order valence-corrected chi connectivity index (χ2v) is 7.49. The van der Waals surface area contributed by atoms with Gasteiger partial charge in [-0.3, -0.25) is 9.48 Å². The number of carbonyl (C=O) groups is 1. The Labute approximate surface area is 122 Å². The number of aryl methyl sites for hydroxylation is 1. The number of hydrogen-bond acceptors (Lipinski definition) is 4. The summed E-state index contributed by atoms with van der Waals surface area (Å²) >= 11 is 5.88. The maximum Gasteiger partial charge on any atom is 0.310 e. The van der Waals surface area contributed by atoms with E-state index in [-0.39, 0.29) is 23.1 Å². The van der Waals surface area contributed by atoms with E-state index in [1.165, 1.54) is 22.2 Å². The Hall–Kier alpha value is -1.12. The predicted molar refractivity (Wildman–Crippen MR) is 72.0 cm³/mol. The first-order valence-electron chi connectivity index (χ1n) is 6.09. The molecular weight excluding hydrogens is 306 g/mol. The highest BCUT2D eigenvalue weighted by atomic mass is 35.5. The van der Waals surface area contributed by atoms with Gasteiger partial charge in [-0.2, -0.15) is 9.40 Å². The van der Waals surface area contributed by atoms with E-state index in [0.29, 0.717) is 12.8 Å². The van der Waals surface area contributed by atoms with Gasteiger partial charge in [0.05, 0.1) is 16.6 Å². The number of halogens is 1. The molecule has 2 heterocycles. The van der Waals surface area contributed by atoms with Gasteiger partial charge in [-0.05, 0) is 19.8 Å². The molecule has 0 radical (unpaired) electrons. The number of sulfonamides is 1. The summed E-state index contributed by atoms with van der Waals surface area (Å²) in [5.74, 6) is -0.992. The van der Waals surface area contributed by atoms with Crippen LogP contribution in [0.15, 0.2) is 11.2 Å². The van der Waals surface area contributed by atoms with Gasteiger partial charge in [-0.25, -0.2) is 8.42 Å². The van der Waals surface area contributed by atoms with Gasteiger partial charge in [0.15, 0.2) is 5.03 Å². The minimum atomic E-state index is -3.85. The summed E-state index contributed by atoms with van der Waals surface area (Å²) < 4.78 is 27.5. The molecule has 9 heteroatoms. The van der Waals surface area contributed by atoms with E-state index in [2.05, 4.69) is 5.10 Å². The lowest BCUT2D eigenvalue weighted by atomic mass is 9.83. The van der Waals surface area contributed by atoms with Gasteiger partial charge in [0.25, 0.3) is 10.0 Å². The lowest BCUT2D eigenvalue weighted by Gasteiger charge is -2.36. The molecule has 1 atom stereocenters. The number of aromatic nitrogens is 2. The molecule has 112 valence electrons. The lowest BCUT2D eigenvalue weighted by Crippen LogP contribution is -2.48. The van der Waals surface area contributed by atoms with Gasteiger partial charge < -0.3 is 5.11 Å². The zero-order valence-electron chi connectivity index (χ0n) is 11.2. The lowest BCUT2D eigenvalue weighted by molar-refractivity contribution is -0.150. The molecule has 2 rings (SSSR count). The van der Waals surface area contributed by atoms with Crippen molar-refractivity contribution in [1.29, 1.82) is 0 Å². The standard InChI is InChI=1S/C11H16ClN3O4S/c1-11(10(16)17)4-3-5-15(7-11)20(18,19)9-8(12)6-13-14(9)2/h6H,3-5,7H2,1-2H3,(H,16,17). The second-order valence-electron chi connectivity index (χ2n) is 5.23. The third kappa shape index (κ3) is 2.43.